The molecule has 0 aliphatic heterocycles. The van der Waals surface area contributed by atoms with E-state index in [0.717, 1.165) is 0 Å². The minimum absolute atomic E-state index is 0.619. The second-order valence-electron chi connectivity index (χ2n) is 8.64. The van der Waals surface area contributed by atoms with Gasteiger partial charge in [-0.05, 0) is 61.5 Å². The molecule has 1 atom stereocenters. The average molecular weight is 394 g/mol. The normalized spacial score (nSPS) is 12.4. The summed E-state index contributed by atoms with van der Waals surface area (Å²) >= 11 is 0. The van der Waals surface area contributed by atoms with Crippen molar-refractivity contribution >= 4 is 0 Å². The first-order valence-corrected chi connectivity index (χ1v) is 12.1. The van der Waals surface area contributed by atoms with Crippen LogP contribution >= 0.6 is 0 Å². The van der Waals surface area contributed by atoms with Gasteiger partial charge in [0.25, 0.3) is 0 Å². The SMILES string of the molecule is CCCCCCN(CCCCCC)CCC(C)c1ccc(-c2ccccc2)cc1. The summed E-state index contributed by atoms with van der Waals surface area (Å²) in [6, 6.07) is 19.9. The van der Waals surface area contributed by atoms with Gasteiger partial charge < -0.3 is 4.90 Å². The molecule has 1 heteroatoms. The van der Waals surface area contributed by atoms with Crippen LogP contribution in [0.4, 0.5) is 0 Å². The fourth-order valence-corrected chi connectivity index (χ4v) is 4.04. The first kappa shape index (κ1) is 23.7. The van der Waals surface area contributed by atoms with E-state index in [0.29, 0.717) is 5.92 Å². The lowest BCUT2D eigenvalue weighted by molar-refractivity contribution is 0.252. The quantitative estimate of drug-likeness (QED) is 0.275. The molecule has 2 aromatic carbocycles. The van der Waals surface area contributed by atoms with Gasteiger partial charge in [-0.25, -0.2) is 0 Å². The van der Waals surface area contributed by atoms with Gasteiger partial charge >= 0.3 is 0 Å². The number of hydrogen-bond donors (Lipinski definition) is 0. The van der Waals surface area contributed by atoms with E-state index in [1.165, 1.54) is 94.1 Å². The second-order valence-corrected chi connectivity index (χ2v) is 8.64. The molecule has 1 nitrogen and oxygen atoms in total. The Kier molecular flexibility index (Phi) is 11.8. The molecule has 0 aromatic heterocycles. The lowest BCUT2D eigenvalue weighted by Crippen LogP contribution is -2.28. The fourth-order valence-electron chi connectivity index (χ4n) is 4.04. The highest BCUT2D eigenvalue weighted by Crippen LogP contribution is 2.24. The van der Waals surface area contributed by atoms with Gasteiger partial charge in [-0.1, -0.05) is 114 Å². The Morgan fingerprint density at radius 2 is 1.17 bits per heavy atom. The van der Waals surface area contributed by atoms with E-state index in [4.69, 9.17) is 0 Å². The zero-order chi connectivity index (χ0) is 20.7. The molecular weight excluding hydrogens is 350 g/mol. The summed E-state index contributed by atoms with van der Waals surface area (Å²) in [6.45, 7) is 10.8. The molecule has 0 heterocycles. The Hall–Kier alpha value is -1.60. The summed E-state index contributed by atoms with van der Waals surface area (Å²) in [7, 11) is 0. The second kappa shape index (κ2) is 14.4. The summed E-state index contributed by atoms with van der Waals surface area (Å²) in [6.07, 6.45) is 12.2. The van der Waals surface area contributed by atoms with Crippen LogP contribution in [-0.4, -0.2) is 24.5 Å². The number of rotatable bonds is 15. The summed E-state index contributed by atoms with van der Waals surface area (Å²) in [4.78, 5) is 2.74. The van der Waals surface area contributed by atoms with Gasteiger partial charge in [0.15, 0.2) is 0 Å². The highest BCUT2D eigenvalue weighted by molar-refractivity contribution is 5.63. The van der Waals surface area contributed by atoms with Crippen LogP contribution in [0.5, 0.6) is 0 Å². The smallest absolute Gasteiger partial charge is 0.00130 e. The largest absolute Gasteiger partial charge is 0.303 e. The number of hydrogen-bond acceptors (Lipinski definition) is 1. The minimum atomic E-state index is 0.619. The van der Waals surface area contributed by atoms with Crippen molar-refractivity contribution in [3.63, 3.8) is 0 Å². The maximum absolute atomic E-state index is 2.74. The Bertz CT molecular complexity index is 619. The minimum Gasteiger partial charge on any atom is -0.303 e. The molecule has 29 heavy (non-hydrogen) atoms. The van der Waals surface area contributed by atoms with Gasteiger partial charge in [0, 0.05) is 0 Å². The fraction of sp³-hybridized carbons (Fsp3) is 0.571. The third-order valence-corrected chi connectivity index (χ3v) is 6.12. The molecular formula is C28H43N. The van der Waals surface area contributed by atoms with Crippen molar-refractivity contribution in [2.24, 2.45) is 0 Å². The van der Waals surface area contributed by atoms with Crippen molar-refractivity contribution in [1.29, 1.82) is 0 Å². The Labute approximate surface area is 180 Å². The third-order valence-electron chi connectivity index (χ3n) is 6.12. The molecule has 0 N–H and O–H groups in total. The molecule has 160 valence electrons. The van der Waals surface area contributed by atoms with Crippen LogP contribution in [0, 0.1) is 0 Å². The van der Waals surface area contributed by atoms with Crippen LogP contribution in [0.2, 0.25) is 0 Å². The van der Waals surface area contributed by atoms with Crippen LogP contribution in [0.3, 0.4) is 0 Å². The summed E-state index contributed by atoms with van der Waals surface area (Å²) < 4.78 is 0. The van der Waals surface area contributed by atoms with E-state index in [2.05, 4.69) is 80.3 Å². The van der Waals surface area contributed by atoms with Crippen LogP contribution in [0.1, 0.15) is 90.0 Å². The zero-order valence-corrected chi connectivity index (χ0v) is 19.2. The van der Waals surface area contributed by atoms with Crippen molar-refractivity contribution in [3.8, 4) is 11.1 Å². The maximum atomic E-state index is 2.74. The molecule has 0 saturated carbocycles. The first-order valence-electron chi connectivity index (χ1n) is 12.1. The van der Waals surface area contributed by atoms with E-state index in [1.54, 1.807) is 0 Å². The standard InChI is InChI=1S/C28H43N/c1-4-6-8-13-22-29(23-14-9-7-5-2)24-21-25(3)26-17-19-28(20-18-26)27-15-11-10-12-16-27/h10-12,15-20,25H,4-9,13-14,21-24H2,1-3H3. The summed E-state index contributed by atoms with van der Waals surface area (Å²) in [5.41, 5.74) is 4.09. The molecule has 0 fully saturated rings. The third kappa shape index (κ3) is 9.17. The number of benzene rings is 2. The lowest BCUT2D eigenvalue weighted by atomic mass is 9.95. The van der Waals surface area contributed by atoms with E-state index in [9.17, 15) is 0 Å². The van der Waals surface area contributed by atoms with Crippen molar-refractivity contribution in [1.82, 2.24) is 4.90 Å². The number of nitrogens with zero attached hydrogens (tertiary/aromatic N) is 1. The zero-order valence-electron chi connectivity index (χ0n) is 19.2. The van der Waals surface area contributed by atoms with Crippen LogP contribution < -0.4 is 0 Å². The highest BCUT2D eigenvalue weighted by atomic mass is 15.1. The summed E-state index contributed by atoms with van der Waals surface area (Å²) in [5, 5.41) is 0. The average Bonchev–Trinajstić information content (AvgIpc) is 2.77. The summed E-state index contributed by atoms with van der Waals surface area (Å²) in [5.74, 6) is 0.619. The number of unbranched alkanes of at least 4 members (excludes halogenated alkanes) is 6. The predicted octanol–water partition coefficient (Wildman–Crippen LogP) is 8.31. The first-order chi connectivity index (χ1) is 14.2. The van der Waals surface area contributed by atoms with Gasteiger partial charge in [-0.3, -0.25) is 0 Å². The van der Waals surface area contributed by atoms with Crippen LogP contribution in [0.15, 0.2) is 54.6 Å². The monoisotopic (exact) mass is 393 g/mol. The molecule has 0 bridgehead atoms. The van der Waals surface area contributed by atoms with E-state index < -0.39 is 0 Å². The molecule has 0 aliphatic carbocycles. The predicted molar refractivity (Wildman–Crippen MR) is 130 cm³/mol. The van der Waals surface area contributed by atoms with E-state index in [-0.39, 0.29) is 0 Å². The van der Waals surface area contributed by atoms with Crippen LogP contribution in [0.25, 0.3) is 11.1 Å². The maximum Gasteiger partial charge on any atom is -0.00130 e. The Balaban J connectivity index is 1.84. The van der Waals surface area contributed by atoms with E-state index in [1.807, 2.05) is 0 Å². The molecule has 0 spiro atoms. The molecule has 0 saturated heterocycles. The van der Waals surface area contributed by atoms with Crippen molar-refractivity contribution in [2.45, 2.75) is 84.5 Å². The molecule has 1 unspecified atom stereocenters. The van der Waals surface area contributed by atoms with E-state index >= 15 is 0 Å². The lowest BCUT2D eigenvalue weighted by Gasteiger charge is -2.24. The highest BCUT2D eigenvalue weighted by Gasteiger charge is 2.10. The Morgan fingerprint density at radius 1 is 0.621 bits per heavy atom. The topological polar surface area (TPSA) is 3.24 Å². The van der Waals surface area contributed by atoms with Crippen molar-refractivity contribution in [3.05, 3.63) is 60.2 Å². The van der Waals surface area contributed by atoms with Crippen LogP contribution in [-0.2, 0) is 0 Å². The van der Waals surface area contributed by atoms with Gasteiger partial charge in [-0.15, -0.1) is 0 Å². The molecule has 0 amide bonds. The van der Waals surface area contributed by atoms with Crippen molar-refractivity contribution < 1.29 is 0 Å². The van der Waals surface area contributed by atoms with Gasteiger partial charge in [0.2, 0.25) is 0 Å². The molecule has 0 aliphatic rings. The Morgan fingerprint density at radius 3 is 1.72 bits per heavy atom. The molecule has 2 rings (SSSR count). The van der Waals surface area contributed by atoms with Crippen molar-refractivity contribution in [2.75, 3.05) is 19.6 Å². The molecule has 2 aromatic rings. The van der Waals surface area contributed by atoms with Gasteiger partial charge in [-0.2, -0.15) is 0 Å². The molecule has 0 radical (unpaired) electrons. The van der Waals surface area contributed by atoms with Gasteiger partial charge in [0.05, 0.1) is 0 Å². The van der Waals surface area contributed by atoms with Gasteiger partial charge in [0.1, 0.15) is 0 Å².